The van der Waals surface area contributed by atoms with Crippen LogP contribution < -0.4 is 10.1 Å². The van der Waals surface area contributed by atoms with Crippen molar-refractivity contribution in [1.82, 2.24) is 4.98 Å². The summed E-state index contributed by atoms with van der Waals surface area (Å²) < 4.78 is 28.0. The molecule has 0 bridgehead atoms. The third kappa shape index (κ3) is 3.91. The topological polar surface area (TPSA) is 85.4 Å². The molecule has 0 spiro atoms. The molecule has 0 aliphatic carbocycles. The molecule has 8 heteroatoms. The van der Waals surface area contributed by atoms with Crippen molar-refractivity contribution < 1.29 is 17.9 Å². The van der Waals surface area contributed by atoms with Gasteiger partial charge >= 0.3 is 0 Å². The van der Waals surface area contributed by atoms with Gasteiger partial charge in [0.05, 0.1) is 23.1 Å². The Morgan fingerprint density at radius 2 is 2.20 bits per heavy atom. The Labute approximate surface area is 120 Å². The van der Waals surface area contributed by atoms with Crippen molar-refractivity contribution >= 4 is 42.4 Å². The van der Waals surface area contributed by atoms with Crippen LogP contribution >= 0.6 is 11.3 Å². The lowest BCUT2D eigenvalue weighted by Gasteiger charge is -1.99. The number of methoxy groups -OCH3 is 1. The van der Waals surface area contributed by atoms with Gasteiger partial charge in [0.25, 0.3) is 0 Å². The van der Waals surface area contributed by atoms with E-state index in [0.29, 0.717) is 5.13 Å². The molecule has 0 saturated heterocycles. The van der Waals surface area contributed by atoms with Gasteiger partial charge in [-0.1, -0.05) is 11.3 Å². The zero-order valence-electron chi connectivity index (χ0n) is 11.0. The fourth-order valence-electron chi connectivity index (χ4n) is 1.55. The van der Waals surface area contributed by atoms with Gasteiger partial charge in [-0.25, -0.2) is 13.4 Å². The van der Waals surface area contributed by atoms with Crippen LogP contribution in [0, 0.1) is 0 Å². The highest BCUT2D eigenvalue weighted by Gasteiger charge is 2.11. The van der Waals surface area contributed by atoms with Gasteiger partial charge < -0.3 is 10.1 Å². The Morgan fingerprint density at radius 3 is 2.85 bits per heavy atom. The molecule has 2 rings (SSSR count). The van der Waals surface area contributed by atoms with E-state index in [2.05, 4.69) is 10.3 Å². The SMILES string of the molecule is COc1ccc2nc(NC(=O)CCS(C)(=O)=O)sc2c1. The summed E-state index contributed by atoms with van der Waals surface area (Å²) in [5.41, 5.74) is 0.759. The Kier molecular flexibility index (Phi) is 4.24. The number of hydrogen-bond donors (Lipinski definition) is 1. The maximum atomic E-state index is 11.6. The van der Waals surface area contributed by atoms with Gasteiger partial charge in [0.2, 0.25) is 5.91 Å². The second-order valence-electron chi connectivity index (χ2n) is 4.28. The van der Waals surface area contributed by atoms with E-state index in [1.807, 2.05) is 6.07 Å². The number of aromatic nitrogens is 1. The summed E-state index contributed by atoms with van der Waals surface area (Å²) in [5.74, 6) is 0.190. The highest BCUT2D eigenvalue weighted by Crippen LogP contribution is 2.29. The average molecular weight is 314 g/mol. The van der Waals surface area contributed by atoms with Crippen LogP contribution in [0.4, 0.5) is 5.13 Å². The van der Waals surface area contributed by atoms with Gasteiger partial charge in [-0.05, 0) is 18.2 Å². The lowest BCUT2D eigenvalue weighted by atomic mass is 10.3. The Bertz CT molecular complexity index is 737. The van der Waals surface area contributed by atoms with E-state index in [-0.39, 0.29) is 18.1 Å². The van der Waals surface area contributed by atoms with Crippen molar-refractivity contribution in [2.24, 2.45) is 0 Å². The summed E-state index contributed by atoms with van der Waals surface area (Å²) in [5, 5.41) is 3.06. The summed E-state index contributed by atoms with van der Waals surface area (Å²) in [7, 11) is -1.56. The van der Waals surface area contributed by atoms with Crippen LogP contribution in [0.3, 0.4) is 0 Å². The summed E-state index contributed by atoms with van der Waals surface area (Å²) >= 11 is 1.32. The zero-order chi connectivity index (χ0) is 14.8. The summed E-state index contributed by atoms with van der Waals surface area (Å²) in [6.07, 6.45) is 1.03. The van der Waals surface area contributed by atoms with Crippen LogP contribution in [0.2, 0.25) is 0 Å². The zero-order valence-corrected chi connectivity index (χ0v) is 12.7. The van der Waals surface area contributed by atoms with Crippen molar-refractivity contribution in [2.75, 3.05) is 24.4 Å². The number of hydrogen-bond acceptors (Lipinski definition) is 6. The molecule has 20 heavy (non-hydrogen) atoms. The first-order valence-corrected chi connectivity index (χ1v) is 8.67. The summed E-state index contributed by atoms with van der Waals surface area (Å²) in [4.78, 5) is 15.9. The fourth-order valence-corrected chi connectivity index (χ4v) is 3.01. The molecule has 0 atom stereocenters. The predicted molar refractivity (Wildman–Crippen MR) is 79.1 cm³/mol. The van der Waals surface area contributed by atoms with Gasteiger partial charge in [0.15, 0.2) is 5.13 Å². The number of carbonyl (C=O) groups is 1. The molecule has 108 valence electrons. The minimum atomic E-state index is -3.14. The first-order valence-electron chi connectivity index (χ1n) is 5.79. The van der Waals surface area contributed by atoms with Crippen molar-refractivity contribution in [3.8, 4) is 5.75 Å². The maximum absolute atomic E-state index is 11.6. The second kappa shape index (κ2) is 5.76. The molecule has 0 fully saturated rings. The first kappa shape index (κ1) is 14.7. The Balaban J connectivity index is 2.08. The van der Waals surface area contributed by atoms with E-state index < -0.39 is 9.84 Å². The van der Waals surface area contributed by atoms with Gasteiger partial charge in [0.1, 0.15) is 15.6 Å². The Morgan fingerprint density at radius 1 is 1.45 bits per heavy atom. The molecule has 1 amide bonds. The standard InChI is InChI=1S/C12H14N2O4S2/c1-18-8-3-4-9-10(7-8)19-12(13-9)14-11(15)5-6-20(2,16)17/h3-4,7H,5-6H2,1-2H3,(H,13,14,15). The number of anilines is 1. The van der Waals surface area contributed by atoms with Crippen LogP contribution in [0.5, 0.6) is 5.75 Å². The number of rotatable bonds is 5. The number of thiazole rings is 1. The number of nitrogens with zero attached hydrogens (tertiary/aromatic N) is 1. The maximum Gasteiger partial charge on any atom is 0.227 e. The number of amides is 1. The fraction of sp³-hybridized carbons (Fsp3) is 0.333. The van der Waals surface area contributed by atoms with Crippen LogP contribution in [-0.4, -0.2) is 38.4 Å². The minimum Gasteiger partial charge on any atom is -0.497 e. The molecule has 0 aliphatic rings. The molecule has 1 N–H and O–H groups in total. The van der Waals surface area contributed by atoms with Crippen molar-refractivity contribution in [2.45, 2.75) is 6.42 Å². The normalized spacial score (nSPS) is 11.5. The third-order valence-corrected chi connectivity index (χ3v) is 4.42. The van der Waals surface area contributed by atoms with Crippen LogP contribution in [0.25, 0.3) is 10.2 Å². The largest absolute Gasteiger partial charge is 0.497 e. The third-order valence-electron chi connectivity index (χ3n) is 2.54. The van der Waals surface area contributed by atoms with Crippen LogP contribution in [0.15, 0.2) is 18.2 Å². The number of nitrogens with one attached hydrogen (secondary N) is 1. The van der Waals surface area contributed by atoms with Crippen LogP contribution in [0.1, 0.15) is 6.42 Å². The summed E-state index contributed by atoms with van der Waals surface area (Å²) in [6, 6.07) is 5.42. The first-order chi connectivity index (χ1) is 9.37. The number of carbonyl (C=O) groups excluding carboxylic acids is 1. The molecule has 6 nitrogen and oxygen atoms in total. The van der Waals surface area contributed by atoms with E-state index in [4.69, 9.17) is 4.74 Å². The molecule has 1 aromatic heterocycles. The van der Waals surface area contributed by atoms with Gasteiger partial charge in [0, 0.05) is 12.7 Å². The van der Waals surface area contributed by atoms with Crippen molar-refractivity contribution in [1.29, 1.82) is 0 Å². The van der Waals surface area contributed by atoms with Gasteiger partial charge in [-0.2, -0.15) is 0 Å². The molecular formula is C12H14N2O4S2. The molecular weight excluding hydrogens is 300 g/mol. The second-order valence-corrected chi connectivity index (χ2v) is 7.57. The predicted octanol–water partition coefficient (Wildman–Crippen LogP) is 1.68. The van der Waals surface area contributed by atoms with E-state index in [9.17, 15) is 13.2 Å². The number of benzene rings is 1. The average Bonchev–Trinajstić information content (AvgIpc) is 2.76. The molecule has 0 unspecified atom stereocenters. The quantitative estimate of drug-likeness (QED) is 0.907. The monoisotopic (exact) mass is 314 g/mol. The molecule has 0 radical (unpaired) electrons. The molecule has 2 aromatic rings. The summed E-state index contributed by atoms with van der Waals surface area (Å²) in [6.45, 7) is 0. The number of ether oxygens (including phenoxy) is 1. The van der Waals surface area contributed by atoms with Crippen molar-refractivity contribution in [3.63, 3.8) is 0 Å². The highest BCUT2D eigenvalue weighted by atomic mass is 32.2. The van der Waals surface area contributed by atoms with Gasteiger partial charge in [-0.15, -0.1) is 0 Å². The van der Waals surface area contributed by atoms with E-state index in [1.54, 1.807) is 19.2 Å². The minimum absolute atomic E-state index is 0.0713. The number of sulfone groups is 1. The molecule has 0 aliphatic heterocycles. The van der Waals surface area contributed by atoms with E-state index in [0.717, 1.165) is 22.2 Å². The van der Waals surface area contributed by atoms with E-state index in [1.165, 1.54) is 11.3 Å². The molecule has 1 aromatic carbocycles. The van der Waals surface area contributed by atoms with Crippen molar-refractivity contribution in [3.05, 3.63) is 18.2 Å². The van der Waals surface area contributed by atoms with Crippen LogP contribution in [-0.2, 0) is 14.6 Å². The lowest BCUT2D eigenvalue weighted by molar-refractivity contribution is -0.115. The smallest absolute Gasteiger partial charge is 0.227 e. The highest BCUT2D eigenvalue weighted by molar-refractivity contribution is 7.90. The molecule has 0 saturated carbocycles. The lowest BCUT2D eigenvalue weighted by Crippen LogP contribution is -2.16. The number of fused-ring (bicyclic) bond motifs is 1. The van der Waals surface area contributed by atoms with E-state index >= 15 is 0 Å². The van der Waals surface area contributed by atoms with Gasteiger partial charge in [-0.3, -0.25) is 4.79 Å². The molecule has 1 heterocycles. The Hall–Kier alpha value is -1.67.